The fourth-order valence-electron chi connectivity index (χ4n) is 4.01. The van der Waals surface area contributed by atoms with Crippen LogP contribution in [0, 0.1) is 13.8 Å². The molecule has 35 heavy (non-hydrogen) atoms. The Morgan fingerprint density at radius 2 is 1.60 bits per heavy atom. The van der Waals surface area contributed by atoms with Crippen molar-refractivity contribution in [1.82, 2.24) is 24.5 Å². The van der Waals surface area contributed by atoms with Crippen molar-refractivity contribution in [2.75, 3.05) is 6.26 Å². The van der Waals surface area contributed by atoms with Crippen molar-refractivity contribution in [3.8, 4) is 0 Å². The van der Waals surface area contributed by atoms with Crippen molar-refractivity contribution < 1.29 is 4.79 Å². The van der Waals surface area contributed by atoms with Gasteiger partial charge in [0.05, 0.1) is 17.6 Å². The van der Waals surface area contributed by atoms with Gasteiger partial charge in [0.1, 0.15) is 0 Å². The second-order valence-electron chi connectivity index (χ2n) is 8.57. The molecule has 176 valence electrons. The maximum absolute atomic E-state index is 13.5. The fourth-order valence-corrected chi connectivity index (χ4v) is 4.42. The number of aromatic nitrogens is 4. The molecule has 5 rings (SSSR count). The summed E-state index contributed by atoms with van der Waals surface area (Å²) in [6.07, 6.45) is 2.02. The van der Waals surface area contributed by atoms with Crippen molar-refractivity contribution in [2.45, 2.75) is 31.8 Å². The molecule has 8 heteroatoms. The monoisotopic (exact) mass is 483 g/mol. The molecular weight excluding hydrogens is 458 g/mol. The van der Waals surface area contributed by atoms with Crippen LogP contribution < -0.4 is 10.9 Å². The van der Waals surface area contributed by atoms with Crippen LogP contribution in [0.25, 0.3) is 16.7 Å². The van der Waals surface area contributed by atoms with Gasteiger partial charge in [0, 0.05) is 11.4 Å². The third-order valence-corrected chi connectivity index (χ3v) is 6.71. The molecule has 0 aliphatic carbocycles. The van der Waals surface area contributed by atoms with E-state index in [-0.39, 0.29) is 17.0 Å². The molecule has 2 heterocycles. The van der Waals surface area contributed by atoms with Gasteiger partial charge < -0.3 is 5.32 Å². The van der Waals surface area contributed by atoms with Crippen LogP contribution >= 0.6 is 11.8 Å². The standard InChI is InChI=1S/C27H25N5O2S/c1-17-4-7-20(8-5-17)16-31-23-14-18(2)6-13-22(23)32-25(27(31)34)29-24(30-32)26(33)28-15-19-9-11-21(35-3)12-10-19/h4-14H,15-16H2,1-3H3,(H,28,33). The molecule has 1 N–H and O–H groups in total. The van der Waals surface area contributed by atoms with E-state index in [1.165, 1.54) is 4.52 Å². The third-order valence-electron chi connectivity index (χ3n) is 5.97. The van der Waals surface area contributed by atoms with Crippen LogP contribution in [0.15, 0.2) is 76.4 Å². The predicted octanol–water partition coefficient (Wildman–Crippen LogP) is 4.36. The Morgan fingerprint density at radius 1 is 0.914 bits per heavy atom. The second-order valence-corrected chi connectivity index (χ2v) is 9.45. The van der Waals surface area contributed by atoms with Gasteiger partial charge in [0.2, 0.25) is 11.5 Å². The minimum Gasteiger partial charge on any atom is -0.345 e. The number of hydrogen-bond acceptors (Lipinski definition) is 5. The van der Waals surface area contributed by atoms with Gasteiger partial charge in [-0.1, -0.05) is 48.0 Å². The Morgan fingerprint density at radius 3 is 2.31 bits per heavy atom. The number of amides is 1. The van der Waals surface area contributed by atoms with Crippen LogP contribution in [-0.2, 0) is 13.1 Å². The summed E-state index contributed by atoms with van der Waals surface area (Å²) in [4.78, 5) is 31.9. The van der Waals surface area contributed by atoms with Crippen LogP contribution in [0.5, 0.6) is 0 Å². The second kappa shape index (κ2) is 9.38. The molecule has 5 aromatic rings. The lowest BCUT2D eigenvalue weighted by atomic mass is 10.1. The van der Waals surface area contributed by atoms with Gasteiger partial charge in [0.25, 0.3) is 11.5 Å². The molecule has 0 fully saturated rings. The molecule has 2 aromatic heterocycles. The van der Waals surface area contributed by atoms with Crippen molar-refractivity contribution >= 4 is 34.3 Å². The number of benzene rings is 3. The molecule has 0 radical (unpaired) electrons. The summed E-state index contributed by atoms with van der Waals surface area (Å²) in [5.41, 5.74) is 5.47. The number of nitrogens with one attached hydrogen (secondary N) is 1. The highest BCUT2D eigenvalue weighted by Gasteiger charge is 2.19. The largest absolute Gasteiger partial charge is 0.345 e. The molecule has 0 aliphatic heterocycles. The molecule has 0 unspecified atom stereocenters. The maximum atomic E-state index is 13.5. The zero-order chi connectivity index (χ0) is 24.5. The third kappa shape index (κ3) is 4.57. The number of hydrogen-bond donors (Lipinski definition) is 1. The minimum absolute atomic E-state index is 0.0298. The van der Waals surface area contributed by atoms with Gasteiger partial charge in [-0.05, 0) is 61.1 Å². The average molecular weight is 484 g/mol. The minimum atomic E-state index is -0.424. The molecule has 0 bridgehead atoms. The Bertz CT molecular complexity index is 1600. The average Bonchev–Trinajstić information content (AvgIpc) is 3.32. The molecule has 0 atom stereocenters. The molecule has 3 aromatic carbocycles. The smallest absolute Gasteiger partial charge is 0.296 e. The maximum Gasteiger partial charge on any atom is 0.296 e. The number of aryl methyl sites for hydroxylation is 2. The topological polar surface area (TPSA) is 81.3 Å². The van der Waals surface area contributed by atoms with Crippen LogP contribution in [0.4, 0.5) is 0 Å². The molecule has 0 aliphatic rings. The zero-order valence-corrected chi connectivity index (χ0v) is 20.6. The van der Waals surface area contributed by atoms with E-state index >= 15 is 0 Å². The van der Waals surface area contributed by atoms with Crippen molar-refractivity contribution in [3.63, 3.8) is 0 Å². The molecular formula is C27H25N5O2S. The highest BCUT2D eigenvalue weighted by atomic mass is 32.2. The number of nitrogens with zero attached hydrogens (tertiary/aromatic N) is 4. The SMILES string of the molecule is CSc1ccc(CNC(=O)c2nc3c(=O)n(Cc4ccc(C)cc4)c4cc(C)ccc4n3n2)cc1. The predicted molar refractivity (Wildman–Crippen MR) is 139 cm³/mol. The highest BCUT2D eigenvalue weighted by Crippen LogP contribution is 2.18. The Balaban J connectivity index is 1.52. The van der Waals surface area contributed by atoms with E-state index < -0.39 is 5.91 Å². The van der Waals surface area contributed by atoms with E-state index in [4.69, 9.17) is 0 Å². The van der Waals surface area contributed by atoms with Gasteiger partial charge in [-0.3, -0.25) is 14.2 Å². The summed E-state index contributed by atoms with van der Waals surface area (Å²) in [5.74, 6) is -0.454. The van der Waals surface area contributed by atoms with E-state index in [0.717, 1.165) is 38.2 Å². The molecule has 0 saturated carbocycles. The molecule has 1 amide bonds. The Kier molecular flexibility index (Phi) is 6.13. The van der Waals surface area contributed by atoms with Crippen molar-refractivity contribution in [3.05, 3.63) is 105 Å². The first-order valence-corrected chi connectivity index (χ1v) is 12.5. The highest BCUT2D eigenvalue weighted by molar-refractivity contribution is 7.98. The van der Waals surface area contributed by atoms with Gasteiger partial charge >= 0.3 is 0 Å². The quantitative estimate of drug-likeness (QED) is 0.363. The summed E-state index contributed by atoms with van der Waals surface area (Å²) in [7, 11) is 0. The van der Waals surface area contributed by atoms with E-state index in [0.29, 0.717) is 13.1 Å². The summed E-state index contributed by atoms with van der Waals surface area (Å²) >= 11 is 1.66. The van der Waals surface area contributed by atoms with E-state index in [2.05, 4.69) is 15.4 Å². The zero-order valence-electron chi connectivity index (χ0n) is 19.8. The summed E-state index contributed by atoms with van der Waals surface area (Å²) in [6, 6.07) is 21.9. The number of carbonyl (C=O) groups excluding carboxylic acids is 1. The first kappa shape index (κ1) is 22.9. The number of carbonyl (C=O) groups is 1. The molecule has 0 spiro atoms. The lowest BCUT2D eigenvalue weighted by Gasteiger charge is -2.12. The van der Waals surface area contributed by atoms with Crippen LogP contribution in [0.2, 0.25) is 0 Å². The van der Waals surface area contributed by atoms with Gasteiger partial charge in [0.15, 0.2) is 0 Å². The van der Waals surface area contributed by atoms with Crippen LogP contribution in [0.1, 0.15) is 32.9 Å². The van der Waals surface area contributed by atoms with E-state index in [9.17, 15) is 9.59 Å². The lowest BCUT2D eigenvalue weighted by molar-refractivity contribution is 0.0941. The van der Waals surface area contributed by atoms with Crippen molar-refractivity contribution in [1.29, 1.82) is 0 Å². The van der Waals surface area contributed by atoms with Crippen LogP contribution in [0.3, 0.4) is 0 Å². The summed E-state index contributed by atoms with van der Waals surface area (Å²) in [5, 5.41) is 7.26. The van der Waals surface area contributed by atoms with Gasteiger partial charge in [-0.15, -0.1) is 16.9 Å². The lowest BCUT2D eigenvalue weighted by Crippen LogP contribution is -2.24. The van der Waals surface area contributed by atoms with Gasteiger partial charge in [-0.25, -0.2) is 4.52 Å². The number of rotatable bonds is 6. The molecule has 0 saturated heterocycles. The first-order valence-electron chi connectivity index (χ1n) is 11.3. The summed E-state index contributed by atoms with van der Waals surface area (Å²) < 4.78 is 3.18. The van der Waals surface area contributed by atoms with E-state index in [1.54, 1.807) is 16.3 Å². The van der Waals surface area contributed by atoms with Crippen LogP contribution in [-0.4, -0.2) is 31.3 Å². The number of thioether (sulfide) groups is 1. The Labute approximate surface area is 206 Å². The normalized spacial score (nSPS) is 11.3. The number of fused-ring (bicyclic) bond motifs is 3. The van der Waals surface area contributed by atoms with Gasteiger partial charge in [-0.2, -0.15) is 4.98 Å². The first-order chi connectivity index (χ1) is 16.9. The van der Waals surface area contributed by atoms with Crippen molar-refractivity contribution in [2.24, 2.45) is 0 Å². The fraction of sp³-hybridized carbons (Fsp3) is 0.185. The summed E-state index contributed by atoms with van der Waals surface area (Å²) in [6.45, 7) is 4.76. The van der Waals surface area contributed by atoms with E-state index in [1.807, 2.05) is 86.8 Å². The molecule has 7 nitrogen and oxygen atoms in total. The Hall–Kier alpha value is -3.91.